The molecule has 0 rings (SSSR count). The van der Waals surface area contributed by atoms with Crippen molar-refractivity contribution in [2.75, 3.05) is 13.2 Å². The summed E-state index contributed by atoms with van der Waals surface area (Å²) in [7, 11) is 0. The third-order valence-corrected chi connectivity index (χ3v) is 7.88. The monoisotopic (exact) mass is 721 g/mol. The van der Waals surface area contributed by atoms with E-state index in [4.69, 9.17) is 14.2 Å². The highest BCUT2D eigenvalue weighted by atomic mass is 16.6. The van der Waals surface area contributed by atoms with Crippen LogP contribution >= 0.6 is 0 Å². The van der Waals surface area contributed by atoms with E-state index in [2.05, 4.69) is 112 Å². The van der Waals surface area contributed by atoms with E-state index in [0.717, 1.165) is 109 Å². The molecule has 6 heteroatoms. The van der Waals surface area contributed by atoms with Crippen LogP contribution in [0.5, 0.6) is 0 Å². The Morgan fingerprint density at radius 3 is 1.33 bits per heavy atom. The second-order valence-electron chi connectivity index (χ2n) is 12.8. The van der Waals surface area contributed by atoms with Gasteiger partial charge in [0.1, 0.15) is 13.2 Å². The van der Waals surface area contributed by atoms with Gasteiger partial charge < -0.3 is 14.2 Å². The molecule has 0 aromatic carbocycles. The Morgan fingerprint density at radius 2 is 0.788 bits per heavy atom. The van der Waals surface area contributed by atoms with Crippen LogP contribution < -0.4 is 0 Å². The zero-order valence-corrected chi connectivity index (χ0v) is 33.0. The van der Waals surface area contributed by atoms with E-state index in [-0.39, 0.29) is 37.5 Å². The lowest BCUT2D eigenvalue weighted by Crippen LogP contribution is -2.30. The highest BCUT2D eigenvalue weighted by molar-refractivity contribution is 5.71. The number of carbonyl (C=O) groups is 3. The van der Waals surface area contributed by atoms with E-state index in [9.17, 15) is 14.4 Å². The number of esters is 3. The number of unbranched alkanes of at least 4 members (excludes halogenated alkanes) is 9. The van der Waals surface area contributed by atoms with Crippen molar-refractivity contribution in [2.24, 2.45) is 0 Å². The van der Waals surface area contributed by atoms with Crippen LogP contribution in [0.2, 0.25) is 0 Å². The molecule has 0 N–H and O–H groups in total. The van der Waals surface area contributed by atoms with Gasteiger partial charge in [0.15, 0.2) is 6.10 Å². The van der Waals surface area contributed by atoms with Gasteiger partial charge in [-0.1, -0.05) is 137 Å². The number of rotatable bonds is 34. The minimum absolute atomic E-state index is 0.116. The Labute approximate surface area is 317 Å². The van der Waals surface area contributed by atoms with E-state index in [0.29, 0.717) is 19.3 Å². The molecule has 0 aromatic heterocycles. The normalized spacial score (nSPS) is 13.1. The molecule has 0 fully saturated rings. The molecule has 292 valence electrons. The zero-order chi connectivity index (χ0) is 38.0. The molecule has 0 radical (unpaired) electrons. The fourth-order valence-electron chi connectivity index (χ4n) is 4.90. The van der Waals surface area contributed by atoms with Crippen molar-refractivity contribution in [1.29, 1.82) is 0 Å². The van der Waals surface area contributed by atoms with E-state index in [1.807, 2.05) is 6.08 Å². The Balaban J connectivity index is 4.53. The van der Waals surface area contributed by atoms with Gasteiger partial charge in [-0.05, 0) is 96.3 Å². The molecular formula is C46H72O6. The first-order valence-corrected chi connectivity index (χ1v) is 20.3. The molecule has 0 saturated carbocycles. The maximum absolute atomic E-state index is 12.6. The SMILES string of the molecule is CC\C=C/C=C\C=C/CCCCCCCC(=O)OCC(COC(=O)CCCC/C=C\C/C=C\CC)OC(=O)CCCC/C=C\C/C=C\C/C=C\CC. The maximum atomic E-state index is 12.6. The van der Waals surface area contributed by atoms with E-state index >= 15 is 0 Å². The number of ether oxygens (including phenoxy) is 3. The molecule has 0 amide bonds. The Hall–Kier alpha value is -3.67. The topological polar surface area (TPSA) is 78.9 Å². The molecule has 6 nitrogen and oxygen atoms in total. The van der Waals surface area contributed by atoms with Crippen LogP contribution in [0.1, 0.15) is 156 Å². The van der Waals surface area contributed by atoms with Crippen LogP contribution in [-0.2, 0) is 28.6 Å². The molecular weight excluding hydrogens is 648 g/mol. The maximum Gasteiger partial charge on any atom is 0.306 e. The van der Waals surface area contributed by atoms with Crippen molar-refractivity contribution in [2.45, 2.75) is 162 Å². The first-order valence-electron chi connectivity index (χ1n) is 20.3. The third-order valence-electron chi connectivity index (χ3n) is 7.88. The molecule has 0 aliphatic heterocycles. The predicted octanol–water partition coefficient (Wildman–Crippen LogP) is 12.7. The Kier molecular flexibility index (Phi) is 37.3. The Bertz CT molecular complexity index is 1100. The fraction of sp³-hybridized carbons (Fsp3) is 0.587. The fourth-order valence-corrected chi connectivity index (χ4v) is 4.90. The van der Waals surface area contributed by atoms with Gasteiger partial charge in [0.05, 0.1) is 0 Å². The minimum Gasteiger partial charge on any atom is -0.462 e. The molecule has 0 spiro atoms. The van der Waals surface area contributed by atoms with E-state index in [1.54, 1.807) is 0 Å². The molecule has 0 heterocycles. The molecule has 0 bridgehead atoms. The van der Waals surface area contributed by atoms with Gasteiger partial charge in [-0.2, -0.15) is 0 Å². The van der Waals surface area contributed by atoms with Crippen molar-refractivity contribution in [3.8, 4) is 0 Å². The van der Waals surface area contributed by atoms with Crippen LogP contribution in [0.25, 0.3) is 0 Å². The molecule has 0 aromatic rings. The second-order valence-corrected chi connectivity index (χ2v) is 12.8. The molecule has 0 aliphatic rings. The summed E-state index contributed by atoms with van der Waals surface area (Å²) in [6.07, 6.45) is 51.2. The van der Waals surface area contributed by atoms with E-state index in [1.165, 1.54) is 0 Å². The third kappa shape index (κ3) is 37.6. The second kappa shape index (κ2) is 40.1. The summed E-state index contributed by atoms with van der Waals surface area (Å²) in [6.45, 7) is 6.13. The van der Waals surface area contributed by atoms with Gasteiger partial charge in [0.2, 0.25) is 0 Å². The van der Waals surface area contributed by atoms with Gasteiger partial charge >= 0.3 is 17.9 Å². The molecule has 0 saturated heterocycles. The van der Waals surface area contributed by atoms with Crippen molar-refractivity contribution in [3.05, 3.63) is 97.2 Å². The summed E-state index contributed by atoms with van der Waals surface area (Å²) in [5.74, 6) is -1.03. The first kappa shape index (κ1) is 48.3. The summed E-state index contributed by atoms with van der Waals surface area (Å²) in [6, 6.07) is 0. The summed E-state index contributed by atoms with van der Waals surface area (Å²) in [5, 5.41) is 0. The number of allylic oxidation sites excluding steroid dienone is 16. The van der Waals surface area contributed by atoms with Crippen molar-refractivity contribution < 1.29 is 28.6 Å². The zero-order valence-electron chi connectivity index (χ0n) is 33.0. The van der Waals surface area contributed by atoms with Crippen LogP contribution in [0.3, 0.4) is 0 Å². The first-order chi connectivity index (χ1) is 25.5. The van der Waals surface area contributed by atoms with Gasteiger partial charge in [-0.25, -0.2) is 0 Å². The Morgan fingerprint density at radius 1 is 0.404 bits per heavy atom. The smallest absolute Gasteiger partial charge is 0.306 e. The van der Waals surface area contributed by atoms with Crippen LogP contribution in [0, 0.1) is 0 Å². The standard InChI is InChI=1S/C46H72O6/c1-4-7-10-13-16-19-21-23-25-27-30-33-36-39-45(48)51-42-43(41-50-44(47)38-35-32-29-26-18-15-12-9-6-3)52-46(49)40-37-34-31-28-24-22-20-17-14-11-8-5-2/h7-13,16-21,24,26,28,43H,4-6,14-15,22-23,25,27,29-42H2,1-3H3/b10-7-,11-8-,12-9-,16-13-,20-17-,21-19-,26-18-,28-24-. The van der Waals surface area contributed by atoms with Crippen LogP contribution in [0.4, 0.5) is 0 Å². The summed E-state index contributed by atoms with van der Waals surface area (Å²) in [5.41, 5.74) is 0. The number of hydrogen-bond acceptors (Lipinski definition) is 6. The van der Waals surface area contributed by atoms with E-state index < -0.39 is 6.10 Å². The highest BCUT2D eigenvalue weighted by Crippen LogP contribution is 2.11. The lowest BCUT2D eigenvalue weighted by Gasteiger charge is -2.18. The number of hydrogen-bond donors (Lipinski definition) is 0. The summed E-state index contributed by atoms with van der Waals surface area (Å²) >= 11 is 0. The van der Waals surface area contributed by atoms with Gasteiger partial charge in [-0.3, -0.25) is 14.4 Å². The molecule has 1 atom stereocenters. The van der Waals surface area contributed by atoms with Crippen molar-refractivity contribution in [1.82, 2.24) is 0 Å². The lowest BCUT2D eigenvalue weighted by molar-refractivity contribution is -0.167. The highest BCUT2D eigenvalue weighted by Gasteiger charge is 2.19. The molecule has 52 heavy (non-hydrogen) atoms. The van der Waals surface area contributed by atoms with Gasteiger partial charge in [0.25, 0.3) is 0 Å². The summed E-state index contributed by atoms with van der Waals surface area (Å²) < 4.78 is 16.5. The quantitative estimate of drug-likeness (QED) is 0.0216. The lowest BCUT2D eigenvalue weighted by atomic mass is 10.1. The van der Waals surface area contributed by atoms with Crippen molar-refractivity contribution >= 4 is 17.9 Å². The van der Waals surface area contributed by atoms with Crippen molar-refractivity contribution in [3.63, 3.8) is 0 Å². The van der Waals surface area contributed by atoms with Crippen LogP contribution in [-0.4, -0.2) is 37.2 Å². The van der Waals surface area contributed by atoms with Gasteiger partial charge in [0, 0.05) is 19.3 Å². The van der Waals surface area contributed by atoms with Gasteiger partial charge in [-0.15, -0.1) is 0 Å². The number of carbonyl (C=O) groups excluding carboxylic acids is 3. The average molecular weight is 721 g/mol. The summed E-state index contributed by atoms with van der Waals surface area (Å²) in [4.78, 5) is 37.5. The average Bonchev–Trinajstić information content (AvgIpc) is 3.14. The van der Waals surface area contributed by atoms with Crippen LogP contribution in [0.15, 0.2) is 97.2 Å². The largest absolute Gasteiger partial charge is 0.462 e. The molecule has 0 aliphatic carbocycles. The minimum atomic E-state index is -0.816. The molecule has 1 unspecified atom stereocenters. The predicted molar refractivity (Wildman–Crippen MR) is 219 cm³/mol.